The van der Waals surface area contributed by atoms with Crippen molar-refractivity contribution in [1.82, 2.24) is 20.5 Å². The van der Waals surface area contributed by atoms with Gasteiger partial charge in [0.05, 0.1) is 46.9 Å². The highest BCUT2D eigenvalue weighted by atomic mass is 32.1. The molecule has 0 aliphatic carbocycles. The standard InChI is InChI=1S/C25H34N4O5S/c1-15-21(35-14-26-15)18-7-5-17(6-8-18)10-27-25(4,33)20-9-19(30)11-29(20)22(31)16(2)28-23(32)24(3)12-34-13-24/h5-8,14,16,19-20,27,30,33H,9-13H2,1-4H3,(H,28,32)/t16-,19+,20-,25?/m0/s1. The van der Waals surface area contributed by atoms with E-state index in [1.165, 1.54) is 4.90 Å². The number of β-amino-alcohol motifs (C(OH)–C–C–N with tert-alkyl or cyclic N) is 1. The van der Waals surface area contributed by atoms with E-state index in [0.29, 0.717) is 19.8 Å². The number of hydrogen-bond donors (Lipinski definition) is 4. The molecular formula is C25H34N4O5S. The molecule has 1 unspecified atom stereocenters. The lowest BCUT2D eigenvalue weighted by Gasteiger charge is -2.39. The molecule has 2 aromatic rings. The minimum Gasteiger partial charge on any atom is -0.391 e. The van der Waals surface area contributed by atoms with Crippen molar-refractivity contribution in [3.05, 3.63) is 41.0 Å². The summed E-state index contributed by atoms with van der Waals surface area (Å²) in [5, 5.41) is 27.5. The van der Waals surface area contributed by atoms with Crippen molar-refractivity contribution in [2.75, 3.05) is 19.8 Å². The Bertz CT molecular complexity index is 1070. The van der Waals surface area contributed by atoms with Crippen LogP contribution in [0.4, 0.5) is 0 Å². The van der Waals surface area contributed by atoms with E-state index in [1.807, 2.05) is 36.7 Å². The van der Waals surface area contributed by atoms with Gasteiger partial charge in [0, 0.05) is 13.1 Å². The van der Waals surface area contributed by atoms with E-state index in [-0.39, 0.29) is 24.8 Å². The average Bonchev–Trinajstić information content (AvgIpc) is 3.41. The lowest BCUT2D eigenvalue weighted by molar-refractivity contribution is -0.160. The van der Waals surface area contributed by atoms with Crippen molar-refractivity contribution in [3.8, 4) is 10.4 Å². The number of carbonyl (C=O) groups excluding carboxylic acids is 2. The number of aromatic nitrogens is 1. The number of benzene rings is 1. The number of aryl methyl sites for hydroxylation is 1. The summed E-state index contributed by atoms with van der Waals surface area (Å²) in [6.07, 6.45) is -0.513. The Balaban J connectivity index is 1.38. The molecule has 4 N–H and O–H groups in total. The third-order valence-corrected chi connectivity index (χ3v) is 7.91. The zero-order valence-electron chi connectivity index (χ0n) is 20.6. The molecule has 1 aromatic carbocycles. The monoisotopic (exact) mass is 502 g/mol. The first-order valence-corrected chi connectivity index (χ1v) is 12.7. The van der Waals surface area contributed by atoms with Gasteiger partial charge in [0.25, 0.3) is 0 Å². The number of ether oxygens (including phenoxy) is 1. The van der Waals surface area contributed by atoms with E-state index < -0.39 is 29.3 Å². The molecule has 2 amide bonds. The molecule has 1 aromatic heterocycles. The SMILES string of the molecule is Cc1ncsc1-c1ccc(CNC(C)(O)[C@@H]2C[C@@H](O)CN2C(=O)[C@H](C)NC(=O)C2(C)COC2)cc1. The zero-order valence-corrected chi connectivity index (χ0v) is 21.4. The van der Waals surface area contributed by atoms with E-state index in [4.69, 9.17) is 4.74 Å². The summed E-state index contributed by atoms with van der Waals surface area (Å²) < 4.78 is 5.14. The van der Waals surface area contributed by atoms with Crippen LogP contribution in [0.15, 0.2) is 29.8 Å². The van der Waals surface area contributed by atoms with Crippen LogP contribution < -0.4 is 10.6 Å². The maximum absolute atomic E-state index is 13.2. The molecule has 35 heavy (non-hydrogen) atoms. The van der Waals surface area contributed by atoms with E-state index in [2.05, 4.69) is 15.6 Å². The molecule has 10 heteroatoms. The van der Waals surface area contributed by atoms with Crippen LogP contribution in [-0.4, -0.2) is 75.6 Å². The second kappa shape index (κ2) is 9.94. The number of likely N-dealkylation sites (tertiary alicyclic amines) is 1. The number of aliphatic hydroxyl groups is 2. The summed E-state index contributed by atoms with van der Waals surface area (Å²) >= 11 is 1.60. The molecule has 9 nitrogen and oxygen atoms in total. The zero-order chi connectivity index (χ0) is 25.4. The molecule has 2 aliphatic rings. The summed E-state index contributed by atoms with van der Waals surface area (Å²) in [6.45, 7) is 8.16. The molecule has 190 valence electrons. The highest BCUT2D eigenvalue weighted by Crippen LogP contribution is 2.30. The first kappa shape index (κ1) is 25.7. The second-order valence-corrected chi connectivity index (χ2v) is 11.0. The molecule has 4 rings (SSSR count). The molecule has 0 spiro atoms. The van der Waals surface area contributed by atoms with Crippen LogP contribution in [0, 0.1) is 12.3 Å². The Morgan fingerprint density at radius 1 is 1.34 bits per heavy atom. The topological polar surface area (TPSA) is 124 Å². The van der Waals surface area contributed by atoms with Crippen LogP contribution in [0.3, 0.4) is 0 Å². The molecule has 0 radical (unpaired) electrons. The van der Waals surface area contributed by atoms with Gasteiger partial charge in [0.15, 0.2) is 0 Å². The van der Waals surface area contributed by atoms with Crippen LogP contribution in [0.25, 0.3) is 10.4 Å². The minimum atomic E-state index is -1.45. The first-order valence-electron chi connectivity index (χ1n) is 11.8. The Kier molecular flexibility index (Phi) is 7.31. The Labute approximate surface area is 209 Å². The Morgan fingerprint density at radius 3 is 2.60 bits per heavy atom. The minimum absolute atomic E-state index is 0.102. The van der Waals surface area contributed by atoms with Gasteiger partial charge in [-0.15, -0.1) is 11.3 Å². The van der Waals surface area contributed by atoms with Gasteiger partial charge in [-0.2, -0.15) is 0 Å². The molecule has 3 heterocycles. The second-order valence-electron chi connectivity index (χ2n) is 10.1. The number of aliphatic hydroxyl groups excluding tert-OH is 1. The lowest BCUT2D eigenvalue weighted by atomic mass is 9.87. The van der Waals surface area contributed by atoms with Gasteiger partial charge < -0.3 is 25.2 Å². The Hall–Kier alpha value is -2.37. The van der Waals surface area contributed by atoms with Crippen LogP contribution in [-0.2, 0) is 20.9 Å². The van der Waals surface area contributed by atoms with E-state index >= 15 is 0 Å². The van der Waals surface area contributed by atoms with Gasteiger partial charge >= 0.3 is 0 Å². The summed E-state index contributed by atoms with van der Waals surface area (Å²) in [5.74, 6) is -0.571. The van der Waals surface area contributed by atoms with Gasteiger partial charge in [0.1, 0.15) is 11.8 Å². The van der Waals surface area contributed by atoms with Gasteiger partial charge in [-0.25, -0.2) is 4.98 Å². The number of nitrogens with one attached hydrogen (secondary N) is 2. The third-order valence-electron chi connectivity index (χ3n) is 6.93. The predicted molar refractivity (Wildman–Crippen MR) is 132 cm³/mol. The van der Waals surface area contributed by atoms with Crippen LogP contribution in [0.2, 0.25) is 0 Å². The summed E-state index contributed by atoms with van der Waals surface area (Å²) in [6, 6.07) is 6.61. The van der Waals surface area contributed by atoms with Gasteiger partial charge in [0.2, 0.25) is 11.8 Å². The predicted octanol–water partition coefficient (Wildman–Crippen LogP) is 1.42. The van der Waals surface area contributed by atoms with Crippen LogP contribution >= 0.6 is 11.3 Å². The van der Waals surface area contributed by atoms with Gasteiger partial charge in [-0.1, -0.05) is 24.3 Å². The summed E-state index contributed by atoms with van der Waals surface area (Å²) in [5.41, 5.74) is 2.82. The molecule has 2 saturated heterocycles. The fraction of sp³-hybridized carbons (Fsp3) is 0.560. The number of nitrogens with zero attached hydrogens (tertiary/aromatic N) is 2. The fourth-order valence-corrected chi connectivity index (χ4v) is 5.37. The van der Waals surface area contributed by atoms with E-state index in [1.54, 1.807) is 32.1 Å². The average molecular weight is 503 g/mol. The third kappa shape index (κ3) is 5.41. The van der Waals surface area contributed by atoms with E-state index in [0.717, 1.165) is 21.7 Å². The largest absolute Gasteiger partial charge is 0.391 e. The number of carbonyl (C=O) groups is 2. The summed E-state index contributed by atoms with van der Waals surface area (Å²) in [7, 11) is 0. The molecule has 0 bridgehead atoms. The number of amides is 2. The van der Waals surface area contributed by atoms with Crippen molar-refractivity contribution < 1.29 is 24.5 Å². The van der Waals surface area contributed by atoms with Gasteiger partial charge in [-0.05, 0) is 45.2 Å². The van der Waals surface area contributed by atoms with Crippen molar-refractivity contribution in [2.45, 2.75) is 64.6 Å². The smallest absolute Gasteiger partial charge is 0.245 e. The quantitative estimate of drug-likeness (QED) is 0.403. The Morgan fingerprint density at radius 2 is 2.03 bits per heavy atom. The van der Waals surface area contributed by atoms with Gasteiger partial charge in [-0.3, -0.25) is 14.9 Å². The van der Waals surface area contributed by atoms with Crippen LogP contribution in [0.5, 0.6) is 0 Å². The molecule has 4 atom stereocenters. The highest BCUT2D eigenvalue weighted by Gasteiger charge is 2.47. The molecule has 2 aliphatic heterocycles. The number of hydrogen-bond acceptors (Lipinski definition) is 8. The first-order chi connectivity index (χ1) is 16.5. The molecular weight excluding hydrogens is 468 g/mol. The lowest BCUT2D eigenvalue weighted by Crippen LogP contribution is -2.61. The maximum Gasteiger partial charge on any atom is 0.245 e. The molecule has 0 saturated carbocycles. The van der Waals surface area contributed by atoms with Crippen molar-refractivity contribution >= 4 is 23.2 Å². The van der Waals surface area contributed by atoms with Crippen LogP contribution in [0.1, 0.15) is 38.4 Å². The highest BCUT2D eigenvalue weighted by molar-refractivity contribution is 7.13. The molecule has 2 fully saturated rings. The number of thiazole rings is 1. The van der Waals surface area contributed by atoms with Crippen molar-refractivity contribution in [3.63, 3.8) is 0 Å². The maximum atomic E-state index is 13.2. The summed E-state index contributed by atoms with van der Waals surface area (Å²) in [4.78, 5) is 32.6. The number of rotatable bonds is 8. The normalized spacial score (nSPS) is 23.9. The fourth-order valence-electron chi connectivity index (χ4n) is 4.56. The van der Waals surface area contributed by atoms with E-state index in [9.17, 15) is 19.8 Å². The van der Waals surface area contributed by atoms with Crippen molar-refractivity contribution in [1.29, 1.82) is 0 Å². The van der Waals surface area contributed by atoms with Crippen molar-refractivity contribution in [2.24, 2.45) is 5.41 Å².